The molecule has 0 heterocycles. The van der Waals surface area contributed by atoms with Gasteiger partial charge in [-0.2, -0.15) is 26.3 Å². The molecule has 0 aliphatic rings. The average Bonchev–Trinajstić information content (AvgIpc) is 2.79. The van der Waals surface area contributed by atoms with Gasteiger partial charge in [-0.25, -0.2) is 9.59 Å². The minimum absolute atomic E-state index is 0.0514. The molecule has 0 saturated heterocycles. The first-order valence-electron chi connectivity index (χ1n) is 10.0. The zero-order chi connectivity index (χ0) is 26.0. The molecule has 4 nitrogen and oxygen atoms in total. The lowest BCUT2D eigenvalue weighted by Gasteiger charge is -2.38. The van der Waals surface area contributed by atoms with Crippen LogP contribution < -0.4 is 4.74 Å². The summed E-state index contributed by atoms with van der Waals surface area (Å²) in [5.41, 5.74) is -5.91. The van der Waals surface area contributed by atoms with E-state index < -0.39 is 40.8 Å². The predicted molar refractivity (Wildman–Crippen MR) is 113 cm³/mol. The molecule has 0 fully saturated rings. The number of hydrogen-bond donors (Lipinski definition) is 0. The Hall–Kier alpha value is -3.82. The third kappa shape index (κ3) is 4.87. The SMILES string of the molecule is COC(=O)c1cccc(C(=O)Oc2ccc(C(c3ccc(C)cc3)(C(F)(F)F)C(F)(F)F)cc2)c1. The van der Waals surface area contributed by atoms with E-state index >= 15 is 0 Å². The highest BCUT2D eigenvalue weighted by molar-refractivity contribution is 5.96. The highest BCUT2D eigenvalue weighted by atomic mass is 19.4. The summed E-state index contributed by atoms with van der Waals surface area (Å²) < 4.78 is 94.6. The van der Waals surface area contributed by atoms with Crippen molar-refractivity contribution in [2.24, 2.45) is 0 Å². The summed E-state index contributed by atoms with van der Waals surface area (Å²) in [6.45, 7) is 1.54. The molecular formula is C25H18F6O4. The molecule has 184 valence electrons. The van der Waals surface area contributed by atoms with Gasteiger partial charge in [0.1, 0.15) is 5.75 Å². The van der Waals surface area contributed by atoms with Crippen LogP contribution in [0.5, 0.6) is 5.75 Å². The number of benzene rings is 3. The monoisotopic (exact) mass is 496 g/mol. The minimum Gasteiger partial charge on any atom is -0.465 e. The van der Waals surface area contributed by atoms with Gasteiger partial charge in [0, 0.05) is 0 Å². The average molecular weight is 496 g/mol. The maximum absolute atomic E-state index is 14.2. The van der Waals surface area contributed by atoms with E-state index in [-0.39, 0.29) is 16.9 Å². The summed E-state index contributed by atoms with van der Waals surface area (Å²) in [5, 5.41) is 0. The Morgan fingerprint density at radius 1 is 0.686 bits per heavy atom. The molecule has 3 rings (SSSR count). The molecule has 0 atom stereocenters. The van der Waals surface area contributed by atoms with E-state index in [1.807, 2.05) is 0 Å². The van der Waals surface area contributed by atoms with Crippen molar-refractivity contribution in [2.75, 3.05) is 7.11 Å². The molecule has 0 spiro atoms. The second-order valence-corrected chi connectivity index (χ2v) is 7.60. The minimum atomic E-state index is -5.73. The molecular weight excluding hydrogens is 478 g/mol. The molecule has 3 aromatic rings. The van der Waals surface area contributed by atoms with E-state index in [1.165, 1.54) is 43.3 Å². The zero-order valence-corrected chi connectivity index (χ0v) is 18.3. The van der Waals surface area contributed by atoms with Crippen LogP contribution in [0.3, 0.4) is 0 Å². The van der Waals surface area contributed by atoms with Gasteiger partial charge in [-0.05, 0) is 48.4 Å². The van der Waals surface area contributed by atoms with Crippen molar-refractivity contribution < 1.29 is 45.4 Å². The maximum atomic E-state index is 14.2. The van der Waals surface area contributed by atoms with Crippen molar-refractivity contribution in [3.8, 4) is 5.75 Å². The number of alkyl halides is 6. The number of carbonyl (C=O) groups excluding carboxylic acids is 2. The quantitative estimate of drug-likeness (QED) is 0.233. The van der Waals surface area contributed by atoms with E-state index in [4.69, 9.17) is 4.74 Å². The Morgan fingerprint density at radius 3 is 1.60 bits per heavy atom. The molecule has 0 aliphatic heterocycles. The Kier molecular flexibility index (Phi) is 6.96. The number of aryl methyl sites for hydroxylation is 1. The van der Waals surface area contributed by atoms with Gasteiger partial charge in [-0.1, -0.05) is 48.0 Å². The molecule has 0 aromatic heterocycles. The van der Waals surface area contributed by atoms with Crippen molar-refractivity contribution in [3.63, 3.8) is 0 Å². The van der Waals surface area contributed by atoms with Crippen molar-refractivity contribution in [2.45, 2.75) is 24.7 Å². The van der Waals surface area contributed by atoms with E-state index in [9.17, 15) is 35.9 Å². The second-order valence-electron chi connectivity index (χ2n) is 7.60. The summed E-state index contributed by atoms with van der Waals surface area (Å²) in [6.07, 6.45) is -11.5. The van der Waals surface area contributed by atoms with Crippen molar-refractivity contribution in [1.82, 2.24) is 0 Å². The Balaban J connectivity index is 2.00. The van der Waals surface area contributed by atoms with E-state index in [0.717, 1.165) is 31.4 Å². The molecule has 0 N–H and O–H groups in total. The van der Waals surface area contributed by atoms with Gasteiger partial charge in [0.15, 0.2) is 0 Å². The first-order valence-corrected chi connectivity index (χ1v) is 10.0. The molecule has 0 unspecified atom stereocenters. The number of hydrogen-bond acceptors (Lipinski definition) is 4. The highest BCUT2D eigenvalue weighted by Gasteiger charge is 2.72. The van der Waals surface area contributed by atoms with Crippen LogP contribution in [0.4, 0.5) is 26.3 Å². The number of rotatable bonds is 5. The fourth-order valence-corrected chi connectivity index (χ4v) is 3.62. The van der Waals surface area contributed by atoms with Gasteiger partial charge in [0.25, 0.3) is 0 Å². The first-order chi connectivity index (χ1) is 16.3. The molecule has 35 heavy (non-hydrogen) atoms. The van der Waals surface area contributed by atoms with Crippen LogP contribution in [0.1, 0.15) is 37.4 Å². The van der Waals surface area contributed by atoms with Gasteiger partial charge in [0.05, 0.1) is 18.2 Å². The number of esters is 2. The van der Waals surface area contributed by atoms with Gasteiger partial charge in [-0.3, -0.25) is 0 Å². The van der Waals surface area contributed by atoms with Crippen LogP contribution in [0.25, 0.3) is 0 Å². The van der Waals surface area contributed by atoms with Crippen LogP contribution in [-0.4, -0.2) is 31.4 Å². The zero-order valence-electron chi connectivity index (χ0n) is 18.3. The molecule has 0 radical (unpaired) electrons. The largest absolute Gasteiger partial charge is 0.465 e. The Labute approximate surface area is 196 Å². The van der Waals surface area contributed by atoms with Gasteiger partial charge >= 0.3 is 24.3 Å². The summed E-state index contributed by atoms with van der Waals surface area (Å²) in [5.74, 6) is -1.97. The van der Waals surface area contributed by atoms with E-state index in [1.54, 1.807) is 0 Å². The van der Waals surface area contributed by atoms with Gasteiger partial charge in [0.2, 0.25) is 5.41 Å². The van der Waals surface area contributed by atoms with Crippen LogP contribution in [0.2, 0.25) is 0 Å². The Bertz CT molecular complexity index is 1200. The van der Waals surface area contributed by atoms with E-state index in [2.05, 4.69) is 4.74 Å². The fraction of sp³-hybridized carbons (Fsp3) is 0.200. The molecule has 0 bridgehead atoms. The van der Waals surface area contributed by atoms with Crippen LogP contribution in [0.15, 0.2) is 72.8 Å². The lowest BCUT2D eigenvalue weighted by Crippen LogP contribution is -2.54. The topological polar surface area (TPSA) is 52.6 Å². The maximum Gasteiger partial charge on any atom is 0.411 e. The number of carbonyl (C=O) groups is 2. The lowest BCUT2D eigenvalue weighted by atomic mass is 9.72. The summed E-state index contributed by atoms with van der Waals surface area (Å²) in [7, 11) is 1.15. The molecule has 0 amide bonds. The molecule has 3 aromatic carbocycles. The van der Waals surface area contributed by atoms with Gasteiger partial charge < -0.3 is 9.47 Å². The second kappa shape index (κ2) is 9.44. The van der Waals surface area contributed by atoms with Crippen molar-refractivity contribution in [3.05, 3.63) is 101 Å². The Morgan fingerprint density at radius 2 is 1.14 bits per heavy atom. The van der Waals surface area contributed by atoms with Crippen LogP contribution in [-0.2, 0) is 10.2 Å². The first kappa shape index (κ1) is 25.8. The number of ether oxygens (including phenoxy) is 2. The number of methoxy groups -OCH3 is 1. The van der Waals surface area contributed by atoms with Crippen molar-refractivity contribution in [1.29, 1.82) is 0 Å². The van der Waals surface area contributed by atoms with E-state index in [0.29, 0.717) is 17.7 Å². The highest BCUT2D eigenvalue weighted by Crippen LogP contribution is 2.56. The third-order valence-corrected chi connectivity index (χ3v) is 5.35. The molecule has 0 aliphatic carbocycles. The predicted octanol–water partition coefficient (Wildman–Crippen LogP) is 6.41. The number of halogens is 6. The fourth-order valence-electron chi connectivity index (χ4n) is 3.62. The third-order valence-electron chi connectivity index (χ3n) is 5.35. The van der Waals surface area contributed by atoms with Gasteiger partial charge in [-0.15, -0.1) is 0 Å². The van der Waals surface area contributed by atoms with Crippen LogP contribution in [0, 0.1) is 6.92 Å². The summed E-state index contributed by atoms with van der Waals surface area (Å²) >= 11 is 0. The summed E-state index contributed by atoms with van der Waals surface area (Å²) in [6, 6.07) is 12.1. The summed E-state index contributed by atoms with van der Waals surface area (Å²) in [4.78, 5) is 24.0. The normalized spacial score (nSPS) is 12.2. The molecule has 10 heteroatoms. The molecule has 0 saturated carbocycles. The smallest absolute Gasteiger partial charge is 0.411 e. The lowest BCUT2D eigenvalue weighted by molar-refractivity contribution is -0.288. The van der Waals surface area contributed by atoms with Crippen LogP contribution >= 0.6 is 0 Å². The standard InChI is InChI=1S/C25H18F6O4/c1-15-6-8-18(9-7-15)23(24(26,27)28,25(29,30)31)19-10-12-20(13-11-19)35-22(33)17-5-3-4-16(14-17)21(32)34-2/h3-14H,1-2H3. The van der Waals surface area contributed by atoms with Crippen molar-refractivity contribution >= 4 is 11.9 Å².